The van der Waals surface area contributed by atoms with E-state index in [2.05, 4.69) is 15.5 Å². The summed E-state index contributed by atoms with van der Waals surface area (Å²) in [6, 6.07) is 3.69. The van der Waals surface area contributed by atoms with Gasteiger partial charge in [0.25, 0.3) is 0 Å². The van der Waals surface area contributed by atoms with E-state index in [9.17, 15) is 4.79 Å². The number of rotatable bonds is 3. The Morgan fingerprint density at radius 1 is 1.70 bits per heavy atom. The molecule has 1 aromatic heterocycles. The van der Waals surface area contributed by atoms with Gasteiger partial charge in [-0.15, -0.1) is 0 Å². The predicted octanol–water partition coefficient (Wildman–Crippen LogP) is 0.0946. The number of nitrogens with one attached hydrogen (secondary N) is 2. The molecule has 0 unspecified atom stereocenters. The highest BCUT2D eigenvalue weighted by Gasteiger charge is 1.81. The fraction of sp³-hybridized carbons (Fsp3) is 0. The highest BCUT2D eigenvalue weighted by molar-refractivity contribution is 5.77. The van der Waals surface area contributed by atoms with Gasteiger partial charge in [-0.25, -0.2) is 5.43 Å². The lowest BCUT2D eigenvalue weighted by Gasteiger charge is -1.82. The van der Waals surface area contributed by atoms with Crippen molar-refractivity contribution >= 4 is 12.6 Å². The minimum absolute atomic E-state index is 0.513. The van der Waals surface area contributed by atoms with Gasteiger partial charge in [0, 0.05) is 6.20 Å². The van der Waals surface area contributed by atoms with Crippen molar-refractivity contribution < 1.29 is 4.79 Å². The van der Waals surface area contributed by atoms with E-state index in [-0.39, 0.29) is 0 Å². The molecule has 1 amide bonds. The topological polar surface area (TPSA) is 57.2 Å². The minimum atomic E-state index is 0.513. The molecular formula is C6H7N3O. The molecule has 0 bridgehead atoms. The van der Waals surface area contributed by atoms with Crippen LogP contribution in [0.3, 0.4) is 0 Å². The molecule has 2 N–H and O–H groups in total. The van der Waals surface area contributed by atoms with Gasteiger partial charge in [-0.05, 0) is 12.1 Å². The van der Waals surface area contributed by atoms with Gasteiger partial charge in [0.2, 0.25) is 6.41 Å². The average Bonchev–Trinajstić information content (AvgIpc) is 2.41. The van der Waals surface area contributed by atoms with Crippen molar-refractivity contribution in [2.75, 3.05) is 0 Å². The third-order valence-corrected chi connectivity index (χ3v) is 0.953. The number of carbonyl (C=O) groups excluding carboxylic acids is 1. The van der Waals surface area contributed by atoms with Gasteiger partial charge < -0.3 is 4.98 Å². The van der Waals surface area contributed by atoms with Crippen LogP contribution in [-0.4, -0.2) is 17.6 Å². The van der Waals surface area contributed by atoms with Crippen molar-refractivity contribution in [1.82, 2.24) is 10.4 Å². The number of aromatic nitrogens is 1. The molecule has 1 rings (SSSR count). The molecule has 0 radical (unpaired) electrons. The summed E-state index contributed by atoms with van der Waals surface area (Å²) in [4.78, 5) is 12.6. The second-order valence-electron chi connectivity index (χ2n) is 1.63. The lowest BCUT2D eigenvalue weighted by Crippen LogP contribution is -2.00. The summed E-state index contributed by atoms with van der Waals surface area (Å²) in [5.41, 5.74) is 3.01. The van der Waals surface area contributed by atoms with E-state index in [1.165, 1.54) is 6.21 Å². The van der Waals surface area contributed by atoms with Gasteiger partial charge in [0.05, 0.1) is 11.9 Å². The fourth-order valence-corrected chi connectivity index (χ4v) is 0.562. The maximum Gasteiger partial charge on any atom is 0.227 e. The molecule has 0 aromatic carbocycles. The van der Waals surface area contributed by atoms with Crippen LogP contribution in [0.2, 0.25) is 0 Å². The molecule has 0 aliphatic heterocycles. The van der Waals surface area contributed by atoms with Crippen LogP contribution in [-0.2, 0) is 4.79 Å². The van der Waals surface area contributed by atoms with Crippen molar-refractivity contribution in [3.8, 4) is 0 Å². The Balaban J connectivity index is 2.47. The van der Waals surface area contributed by atoms with E-state index in [0.717, 1.165) is 5.69 Å². The van der Waals surface area contributed by atoms with Crippen molar-refractivity contribution in [2.24, 2.45) is 5.10 Å². The number of amides is 1. The third kappa shape index (κ3) is 1.74. The normalized spacial score (nSPS) is 10.0. The van der Waals surface area contributed by atoms with Crippen molar-refractivity contribution in [1.29, 1.82) is 0 Å². The van der Waals surface area contributed by atoms with Crippen LogP contribution in [0.25, 0.3) is 0 Å². The van der Waals surface area contributed by atoms with E-state index in [1.54, 1.807) is 6.20 Å². The van der Waals surface area contributed by atoms with Gasteiger partial charge in [-0.3, -0.25) is 4.79 Å². The molecule has 52 valence electrons. The SMILES string of the molecule is O=CN/N=C/c1ccc[nH]1. The molecule has 0 fully saturated rings. The van der Waals surface area contributed by atoms with Crippen LogP contribution in [0.5, 0.6) is 0 Å². The zero-order chi connectivity index (χ0) is 7.23. The maximum atomic E-state index is 9.70. The van der Waals surface area contributed by atoms with Gasteiger partial charge in [0.15, 0.2) is 0 Å². The molecule has 1 aromatic rings. The standard InChI is InChI=1S/C6H7N3O/c10-5-9-8-4-6-2-1-3-7-6/h1-5,7H,(H,9,10)/b8-4+. The summed E-state index contributed by atoms with van der Waals surface area (Å²) in [5.74, 6) is 0. The Hall–Kier alpha value is -1.58. The number of nitrogens with zero attached hydrogens (tertiary/aromatic N) is 1. The van der Waals surface area contributed by atoms with Crippen LogP contribution in [0, 0.1) is 0 Å². The highest BCUT2D eigenvalue weighted by Crippen LogP contribution is 1.87. The second kappa shape index (κ2) is 3.45. The van der Waals surface area contributed by atoms with E-state index in [0.29, 0.717) is 6.41 Å². The van der Waals surface area contributed by atoms with Crippen molar-refractivity contribution in [3.63, 3.8) is 0 Å². The Bertz CT molecular complexity index is 215. The number of carbonyl (C=O) groups is 1. The first-order valence-electron chi connectivity index (χ1n) is 2.79. The highest BCUT2D eigenvalue weighted by atomic mass is 16.1. The first-order valence-corrected chi connectivity index (χ1v) is 2.79. The summed E-state index contributed by atoms with van der Waals surface area (Å²) < 4.78 is 0. The quantitative estimate of drug-likeness (QED) is 0.346. The number of aromatic amines is 1. The van der Waals surface area contributed by atoms with Crippen LogP contribution in [0.15, 0.2) is 23.4 Å². The van der Waals surface area contributed by atoms with Gasteiger partial charge in [-0.2, -0.15) is 5.10 Å². The molecule has 0 saturated heterocycles. The molecule has 0 aliphatic carbocycles. The lowest BCUT2D eigenvalue weighted by atomic mass is 10.5. The molecule has 10 heavy (non-hydrogen) atoms. The lowest BCUT2D eigenvalue weighted by molar-refractivity contribution is -0.109. The molecule has 4 nitrogen and oxygen atoms in total. The Labute approximate surface area is 57.9 Å². The van der Waals surface area contributed by atoms with Crippen LogP contribution in [0.1, 0.15) is 5.69 Å². The van der Waals surface area contributed by atoms with E-state index < -0.39 is 0 Å². The summed E-state index contributed by atoms with van der Waals surface area (Å²) in [7, 11) is 0. The van der Waals surface area contributed by atoms with Gasteiger partial charge >= 0.3 is 0 Å². The molecule has 0 spiro atoms. The zero-order valence-electron chi connectivity index (χ0n) is 5.24. The first kappa shape index (κ1) is 6.54. The number of hydrogen-bond acceptors (Lipinski definition) is 2. The van der Waals surface area contributed by atoms with E-state index in [4.69, 9.17) is 0 Å². The predicted molar refractivity (Wildman–Crippen MR) is 37.6 cm³/mol. The van der Waals surface area contributed by atoms with Crippen molar-refractivity contribution in [2.45, 2.75) is 0 Å². The monoisotopic (exact) mass is 137 g/mol. The molecule has 1 heterocycles. The molecule has 4 heteroatoms. The van der Waals surface area contributed by atoms with E-state index in [1.807, 2.05) is 12.1 Å². The third-order valence-electron chi connectivity index (χ3n) is 0.953. The largest absolute Gasteiger partial charge is 0.360 e. The zero-order valence-corrected chi connectivity index (χ0v) is 5.24. The smallest absolute Gasteiger partial charge is 0.227 e. The fourth-order valence-electron chi connectivity index (χ4n) is 0.562. The summed E-state index contributed by atoms with van der Waals surface area (Å²) in [6.45, 7) is 0. The van der Waals surface area contributed by atoms with Gasteiger partial charge in [0.1, 0.15) is 0 Å². The van der Waals surface area contributed by atoms with Crippen molar-refractivity contribution in [3.05, 3.63) is 24.0 Å². The van der Waals surface area contributed by atoms with Crippen LogP contribution < -0.4 is 5.43 Å². The Kier molecular flexibility index (Phi) is 2.25. The molecule has 0 saturated carbocycles. The van der Waals surface area contributed by atoms with Crippen LogP contribution in [0.4, 0.5) is 0 Å². The second-order valence-corrected chi connectivity index (χ2v) is 1.63. The first-order chi connectivity index (χ1) is 4.93. The molecule has 0 atom stereocenters. The number of hydrazone groups is 1. The minimum Gasteiger partial charge on any atom is -0.360 e. The number of H-pyrrole nitrogens is 1. The van der Waals surface area contributed by atoms with E-state index >= 15 is 0 Å². The van der Waals surface area contributed by atoms with Gasteiger partial charge in [-0.1, -0.05) is 0 Å². The average molecular weight is 137 g/mol. The van der Waals surface area contributed by atoms with Crippen LogP contribution >= 0.6 is 0 Å². The summed E-state index contributed by atoms with van der Waals surface area (Å²) in [5, 5.41) is 3.56. The number of hydrogen-bond donors (Lipinski definition) is 2. The summed E-state index contributed by atoms with van der Waals surface area (Å²) in [6.07, 6.45) is 3.82. The maximum absolute atomic E-state index is 9.70. The Morgan fingerprint density at radius 3 is 3.20 bits per heavy atom. The molecular weight excluding hydrogens is 130 g/mol. The Morgan fingerprint density at radius 2 is 2.60 bits per heavy atom. The summed E-state index contributed by atoms with van der Waals surface area (Å²) >= 11 is 0. The molecule has 0 aliphatic rings.